The average Bonchev–Trinajstić information content (AvgIpc) is 3.71. The summed E-state index contributed by atoms with van der Waals surface area (Å²) in [7, 11) is 1.39. The lowest BCUT2D eigenvalue weighted by atomic mass is 10.1. The van der Waals surface area contributed by atoms with Crippen molar-refractivity contribution in [1.82, 2.24) is 9.97 Å². The quantitative estimate of drug-likeness (QED) is 0.139. The summed E-state index contributed by atoms with van der Waals surface area (Å²) >= 11 is 8.78. The molecular weight excluding hydrogens is 672 g/mol. The van der Waals surface area contributed by atoms with Gasteiger partial charge in [-0.3, -0.25) is 19.4 Å². The molecule has 0 spiro atoms. The fraction of sp³-hybridized carbons (Fsp3) is 0.156. The van der Waals surface area contributed by atoms with E-state index in [9.17, 15) is 23.2 Å². The molecule has 2 amide bonds. The molecule has 0 aliphatic rings. The van der Waals surface area contributed by atoms with Crippen LogP contribution in [0.15, 0.2) is 71.4 Å². The highest BCUT2D eigenvalue weighted by atomic mass is 35.5. The van der Waals surface area contributed by atoms with E-state index in [1.807, 2.05) is 0 Å². The number of aromatic nitrogens is 2. The lowest BCUT2D eigenvalue weighted by Crippen LogP contribution is -2.23. The molecule has 0 fully saturated rings. The molecule has 0 aliphatic heterocycles. The normalized spacial score (nSPS) is 10.8. The Kier molecular flexibility index (Phi) is 10.4. The van der Waals surface area contributed by atoms with Crippen molar-refractivity contribution in [2.75, 3.05) is 22.2 Å². The SMILES string of the molecule is COc1cc(NCc2csc(N(C(C)=O)c3ccccc3F)n2)c(Cl)cc1C(=O)OCc1csc(N(C(C)=O)c2ccccc2F)n1. The molecule has 15 heteroatoms. The van der Waals surface area contributed by atoms with Crippen molar-refractivity contribution < 1.29 is 32.6 Å². The molecule has 0 saturated heterocycles. The van der Waals surface area contributed by atoms with Crippen LogP contribution in [0, 0.1) is 11.6 Å². The van der Waals surface area contributed by atoms with Crippen molar-refractivity contribution in [3.8, 4) is 5.75 Å². The first-order chi connectivity index (χ1) is 22.6. The van der Waals surface area contributed by atoms with Gasteiger partial charge in [0.1, 0.15) is 29.6 Å². The summed E-state index contributed by atoms with van der Waals surface area (Å²) < 4.78 is 39.7. The maximum atomic E-state index is 14.4. The van der Waals surface area contributed by atoms with Gasteiger partial charge in [-0.1, -0.05) is 35.9 Å². The van der Waals surface area contributed by atoms with Crippen LogP contribution in [0.4, 0.5) is 36.1 Å². The number of thiazole rings is 2. The van der Waals surface area contributed by atoms with Crippen LogP contribution < -0.4 is 19.9 Å². The Bertz CT molecular complexity index is 1950. The number of halogens is 3. The number of carbonyl (C=O) groups is 3. The first-order valence-corrected chi connectivity index (χ1v) is 16.0. The van der Waals surface area contributed by atoms with Gasteiger partial charge in [0, 0.05) is 30.7 Å². The van der Waals surface area contributed by atoms with Crippen LogP contribution >= 0.6 is 34.3 Å². The number of ether oxygens (including phenoxy) is 2. The van der Waals surface area contributed by atoms with Crippen molar-refractivity contribution in [3.05, 3.63) is 105 Å². The molecule has 2 aromatic heterocycles. The Morgan fingerprint density at radius 3 is 1.91 bits per heavy atom. The summed E-state index contributed by atoms with van der Waals surface area (Å²) in [5.41, 5.74) is 1.57. The molecule has 0 radical (unpaired) electrons. The average molecular weight is 698 g/mol. The molecule has 2 heterocycles. The molecular formula is C32H26ClF2N5O5S2. The van der Waals surface area contributed by atoms with Gasteiger partial charge in [0.05, 0.1) is 47.1 Å². The minimum absolute atomic E-state index is 0.0572. The van der Waals surface area contributed by atoms with Gasteiger partial charge in [0.25, 0.3) is 0 Å². The zero-order valence-electron chi connectivity index (χ0n) is 25.1. The van der Waals surface area contributed by atoms with Crippen LogP contribution in [0.2, 0.25) is 5.02 Å². The number of nitrogens with one attached hydrogen (secondary N) is 1. The highest BCUT2D eigenvalue weighted by Crippen LogP contribution is 2.35. The third-order valence-electron chi connectivity index (χ3n) is 6.60. The molecule has 0 saturated carbocycles. The van der Waals surface area contributed by atoms with Crippen LogP contribution in [-0.2, 0) is 27.5 Å². The predicted octanol–water partition coefficient (Wildman–Crippen LogP) is 7.88. The van der Waals surface area contributed by atoms with Crippen LogP contribution in [0.3, 0.4) is 0 Å². The minimum Gasteiger partial charge on any atom is -0.496 e. The monoisotopic (exact) mass is 697 g/mol. The number of rotatable bonds is 11. The zero-order valence-corrected chi connectivity index (χ0v) is 27.5. The number of hydrogen-bond donors (Lipinski definition) is 1. The standard InChI is InChI=1S/C32H26ClF2N5O5S2/c1-18(41)39(27-10-6-4-8-24(27)34)31-37-20(16-46-31)14-36-26-13-29(44-3)22(12-23(26)33)30(43)45-15-21-17-47-32(38-21)40(19(2)42)28-11-7-5-9-25(28)35/h4-13,16-17,36H,14-15H2,1-3H3. The van der Waals surface area contributed by atoms with E-state index in [4.69, 9.17) is 21.1 Å². The Balaban J connectivity index is 1.25. The van der Waals surface area contributed by atoms with Gasteiger partial charge in [0.15, 0.2) is 10.3 Å². The summed E-state index contributed by atoms with van der Waals surface area (Å²) in [6, 6.07) is 14.7. The highest BCUT2D eigenvalue weighted by molar-refractivity contribution is 7.14. The van der Waals surface area contributed by atoms with E-state index in [2.05, 4.69) is 15.3 Å². The summed E-state index contributed by atoms with van der Waals surface area (Å²) in [4.78, 5) is 48.9. The zero-order chi connectivity index (χ0) is 33.7. The van der Waals surface area contributed by atoms with E-state index in [0.717, 1.165) is 16.2 Å². The Morgan fingerprint density at radius 1 is 0.851 bits per heavy atom. The first-order valence-electron chi connectivity index (χ1n) is 13.8. The Labute approximate surface area is 281 Å². The van der Waals surface area contributed by atoms with Crippen molar-refractivity contribution in [1.29, 1.82) is 0 Å². The molecule has 5 aromatic rings. The molecule has 3 aromatic carbocycles. The maximum absolute atomic E-state index is 14.4. The number of nitrogens with zero attached hydrogens (tertiary/aromatic N) is 4. The second-order valence-corrected chi connectivity index (χ2v) is 11.9. The van der Waals surface area contributed by atoms with E-state index in [1.165, 1.54) is 85.7 Å². The molecule has 0 aliphatic carbocycles. The largest absolute Gasteiger partial charge is 0.496 e. The Morgan fingerprint density at radius 2 is 1.38 bits per heavy atom. The van der Waals surface area contributed by atoms with Gasteiger partial charge in [-0.15, -0.1) is 22.7 Å². The number of esters is 1. The fourth-order valence-electron chi connectivity index (χ4n) is 4.45. The number of amides is 2. The lowest BCUT2D eigenvalue weighted by molar-refractivity contribution is -0.116. The summed E-state index contributed by atoms with van der Waals surface area (Å²) in [5.74, 6) is -2.50. The molecule has 242 valence electrons. The molecule has 0 bridgehead atoms. The van der Waals surface area contributed by atoms with Gasteiger partial charge >= 0.3 is 5.97 Å². The van der Waals surface area contributed by atoms with Crippen molar-refractivity contribution in [3.63, 3.8) is 0 Å². The predicted molar refractivity (Wildman–Crippen MR) is 177 cm³/mol. The van der Waals surface area contributed by atoms with E-state index < -0.39 is 29.4 Å². The van der Waals surface area contributed by atoms with Crippen LogP contribution in [0.5, 0.6) is 5.75 Å². The summed E-state index contributed by atoms with van der Waals surface area (Å²) in [5, 5.41) is 7.19. The van der Waals surface area contributed by atoms with Gasteiger partial charge in [-0.05, 0) is 30.3 Å². The number of benzene rings is 3. The van der Waals surface area contributed by atoms with Gasteiger partial charge in [0.2, 0.25) is 11.8 Å². The smallest absolute Gasteiger partial charge is 0.342 e. The first kappa shape index (κ1) is 33.4. The topological polar surface area (TPSA) is 114 Å². The summed E-state index contributed by atoms with van der Waals surface area (Å²) in [6.45, 7) is 2.60. The van der Waals surface area contributed by atoms with Crippen LogP contribution in [0.1, 0.15) is 35.6 Å². The van der Waals surface area contributed by atoms with Crippen molar-refractivity contribution >= 4 is 79.4 Å². The maximum Gasteiger partial charge on any atom is 0.342 e. The molecule has 0 unspecified atom stereocenters. The number of para-hydroxylation sites is 2. The van der Waals surface area contributed by atoms with E-state index in [0.29, 0.717) is 22.2 Å². The number of methoxy groups -OCH3 is 1. The molecule has 0 atom stereocenters. The van der Waals surface area contributed by atoms with Crippen LogP contribution in [-0.4, -0.2) is 34.9 Å². The Hall–Kier alpha value is -4.92. The van der Waals surface area contributed by atoms with E-state index in [1.54, 1.807) is 22.9 Å². The molecule has 10 nitrogen and oxygen atoms in total. The number of carbonyl (C=O) groups excluding carboxylic acids is 3. The molecule has 1 N–H and O–H groups in total. The van der Waals surface area contributed by atoms with Crippen LogP contribution in [0.25, 0.3) is 0 Å². The number of hydrogen-bond acceptors (Lipinski definition) is 10. The van der Waals surface area contributed by atoms with E-state index in [-0.39, 0.29) is 46.0 Å². The molecule has 5 rings (SSSR count). The van der Waals surface area contributed by atoms with Crippen molar-refractivity contribution in [2.45, 2.75) is 27.0 Å². The third-order valence-corrected chi connectivity index (χ3v) is 8.66. The van der Waals surface area contributed by atoms with Crippen molar-refractivity contribution in [2.24, 2.45) is 0 Å². The van der Waals surface area contributed by atoms with Gasteiger partial charge in [-0.2, -0.15) is 0 Å². The number of anilines is 5. The lowest BCUT2D eigenvalue weighted by Gasteiger charge is -2.18. The van der Waals surface area contributed by atoms with Gasteiger partial charge in [-0.25, -0.2) is 23.5 Å². The summed E-state index contributed by atoms with van der Waals surface area (Å²) in [6.07, 6.45) is 0. The second kappa shape index (κ2) is 14.7. The fourth-order valence-corrected chi connectivity index (χ4v) is 6.42. The van der Waals surface area contributed by atoms with Gasteiger partial charge < -0.3 is 14.8 Å². The minimum atomic E-state index is -0.732. The third kappa shape index (κ3) is 7.56. The molecule has 47 heavy (non-hydrogen) atoms. The highest BCUT2D eigenvalue weighted by Gasteiger charge is 2.23. The second-order valence-electron chi connectivity index (χ2n) is 9.82. The van der Waals surface area contributed by atoms with E-state index >= 15 is 0 Å².